The Kier molecular flexibility index (Phi) is 4.19. The number of nitrogens with one attached hydrogen (secondary N) is 1. The van der Waals surface area contributed by atoms with Crippen molar-refractivity contribution in [3.63, 3.8) is 0 Å². The van der Waals surface area contributed by atoms with Crippen LogP contribution in [0.15, 0.2) is 18.2 Å². The Morgan fingerprint density at radius 1 is 1.39 bits per heavy atom. The fourth-order valence-electron chi connectivity index (χ4n) is 2.26. The van der Waals surface area contributed by atoms with Crippen molar-refractivity contribution < 1.29 is 4.79 Å². The smallest absolute Gasteiger partial charge is 0.227 e. The summed E-state index contributed by atoms with van der Waals surface area (Å²) in [5.74, 6) is 0.135. The molecule has 5 heteroatoms. The SMILES string of the molecule is NC(=S)c1ccc(Cl)cc1NC(=O)C1CCCC1. The fraction of sp³-hybridized carbons (Fsp3) is 0.385. The first-order valence-corrected chi connectivity index (χ1v) is 6.77. The van der Waals surface area contributed by atoms with Crippen LogP contribution in [0, 0.1) is 5.92 Å². The quantitative estimate of drug-likeness (QED) is 0.838. The van der Waals surface area contributed by atoms with Crippen molar-refractivity contribution in [2.45, 2.75) is 25.7 Å². The molecule has 1 fully saturated rings. The van der Waals surface area contributed by atoms with E-state index in [9.17, 15) is 4.79 Å². The zero-order valence-corrected chi connectivity index (χ0v) is 11.5. The summed E-state index contributed by atoms with van der Waals surface area (Å²) >= 11 is 10.9. The molecule has 0 aromatic heterocycles. The van der Waals surface area contributed by atoms with Gasteiger partial charge in [-0.2, -0.15) is 0 Å². The van der Waals surface area contributed by atoms with E-state index in [0.717, 1.165) is 25.7 Å². The lowest BCUT2D eigenvalue weighted by atomic mass is 10.1. The molecule has 1 aliphatic rings. The summed E-state index contributed by atoms with van der Waals surface area (Å²) in [4.78, 5) is 12.3. The molecular formula is C13H15ClN2OS. The molecule has 18 heavy (non-hydrogen) atoms. The number of hydrogen-bond donors (Lipinski definition) is 2. The Balaban J connectivity index is 2.19. The average Bonchev–Trinajstić information content (AvgIpc) is 2.81. The zero-order chi connectivity index (χ0) is 13.1. The zero-order valence-electron chi connectivity index (χ0n) is 9.91. The molecule has 3 nitrogen and oxygen atoms in total. The number of amides is 1. The Morgan fingerprint density at radius 3 is 2.67 bits per heavy atom. The van der Waals surface area contributed by atoms with Crippen LogP contribution >= 0.6 is 23.8 Å². The van der Waals surface area contributed by atoms with Crippen LogP contribution in [0.4, 0.5) is 5.69 Å². The minimum atomic E-state index is 0.0345. The van der Waals surface area contributed by atoms with E-state index in [1.54, 1.807) is 18.2 Å². The maximum absolute atomic E-state index is 12.1. The van der Waals surface area contributed by atoms with Gasteiger partial charge in [-0.3, -0.25) is 4.79 Å². The molecule has 3 N–H and O–H groups in total. The summed E-state index contributed by atoms with van der Waals surface area (Å²) in [6.07, 6.45) is 4.15. The number of anilines is 1. The summed E-state index contributed by atoms with van der Waals surface area (Å²) in [6, 6.07) is 5.12. The summed E-state index contributed by atoms with van der Waals surface area (Å²) in [5.41, 5.74) is 6.89. The van der Waals surface area contributed by atoms with Gasteiger partial charge in [0.1, 0.15) is 4.99 Å². The van der Waals surface area contributed by atoms with Crippen LogP contribution in [-0.2, 0) is 4.79 Å². The van der Waals surface area contributed by atoms with Crippen LogP contribution in [-0.4, -0.2) is 10.9 Å². The molecule has 0 unspecified atom stereocenters. The van der Waals surface area contributed by atoms with E-state index >= 15 is 0 Å². The van der Waals surface area contributed by atoms with E-state index in [4.69, 9.17) is 29.6 Å². The van der Waals surface area contributed by atoms with Gasteiger partial charge in [0.15, 0.2) is 0 Å². The summed E-state index contributed by atoms with van der Waals surface area (Å²) in [6.45, 7) is 0. The normalized spacial score (nSPS) is 15.6. The first-order chi connectivity index (χ1) is 8.58. The second-order valence-corrected chi connectivity index (χ2v) is 5.40. The molecule has 1 aliphatic carbocycles. The van der Waals surface area contributed by atoms with E-state index < -0.39 is 0 Å². The number of halogens is 1. The lowest BCUT2D eigenvalue weighted by Crippen LogP contribution is -2.22. The third-order valence-corrected chi connectivity index (χ3v) is 3.69. The van der Waals surface area contributed by atoms with Crippen molar-refractivity contribution in [2.24, 2.45) is 11.7 Å². The third kappa shape index (κ3) is 3.00. The molecule has 1 saturated carbocycles. The molecule has 1 amide bonds. The van der Waals surface area contributed by atoms with Gasteiger partial charge in [0.05, 0.1) is 5.69 Å². The molecule has 0 aliphatic heterocycles. The van der Waals surface area contributed by atoms with Gasteiger partial charge in [0.25, 0.3) is 0 Å². The van der Waals surface area contributed by atoms with Crippen LogP contribution in [0.3, 0.4) is 0 Å². The molecule has 96 valence electrons. The largest absolute Gasteiger partial charge is 0.389 e. The van der Waals surface area contributed by atoms with Gasteiger partial charge in [0.2, 0.25) is 5.91 Å². The average molecular weight is 283 g/mol. The summed E-state index contributed by atoms with van der Waals surface area (Å²) in [5, 5.41) is 3.44. The molecule has 2 rings (SSSR count). The van der Waals surface area contributed by atoms with Gasteiger partial charge in [-0.15, -0.1) is 0 Å². The molecule has 1 aromatic carbocycles. The Hall–Kier alpha value is -1.13. The first-order valence-electron chi connectivity index (χ1n) is 5.98. The number of carbonyl (C=O) groups excluding carboxylic acids is 1. The van der Waals surface area contributed by atoms with E-state index in [1.165, 1.54) is 0 Å². The minimum absolute atomic E-state index is 0.0345. The number of carbonyl (C=O) groups is 1. The highest BCUT2D eigenvalue weighted by atomic mass is 35.5. The second kappa shape index (κ2) is 5.67. The molecule has 0 saturated heterocycles. The lowest BCUT2D eigenvalue weighted by molar-refractivity contribution is -0.119. The Labute approximate surface area is 117 Å². The van der Waals surface area contributed by atoms with Crippen molar-refractivity contribution in [1.29, 1.82) is 0 Å². The highest BCUT2D eigenvalue weighted by Gasteiger charge is 2.23. The predicted octanol–water partition coefficient (Wildman–Crippen LogP) is 3.10. The fourth-order valence-corrected chi connectivity index (χ4v) is 2.61. The summed E-state index contributed by atoms with van der Waals surface area (Å²) < 4.78 is 0. The van der Waals surface area contributed by atoms with Crippen molar-refractivity contribution in [1.82, 2.24) is 0 Å². The van der Waals surface area contributed by atoms with Gasteiger partial charge in [0, 0.05) is 16.5 Å². The van der Waals surface area contributed by atoms with Crippen LogP contribution in [0.5, 0.6) is 0 Å². The Bertz CT molecular complexity index is 484. The second-order valence-electron chi connectivity index (χ2n) is 4.52. The number of benzene rings is 1. The van der Waals surface area contributed by atoms with E-state index in [1.807, 2.05) is 0 Å². The molecule has 1 aromatic rings. The number of nitrogens with two attached hydrogens (primary N) is 1. The molecule has 0 radical (unpaired) electrons. The van der Waals surface area contributed by atoms with Crippen molar-refractivity contribution in [3.05, 3.63) is 28.8 Å². The Morgan fingerprint density at radius 2 is 2.06 bits per heavy atom. The van der Waals surface area contributed by atoms with Crippen molar-refractivity contribution in [2.75, 3.05) is 5.32 Å². The van der Waals surface area contributed by atoms with Gasteiger partial charge in [-0.05, 0) is 31.0 Å². The highest BCUT2D eigenvalue weighted by Crippen LogP contribution is 2.27. The van der Waals surface area contributed by atoms with E-state index in [0.29, 0.717) is 16.3 Å². The predicted molar refractivity (Wildman–Crippen MR) is 77.9 cm³/mol. The third-order valence-electron chi connectivity index (χ3n) is 3.23. The molecule has 0 bridgehead atoms. The maximum Gasteiger partial charge on any atom is 0.227 e. The number of hydrogen-bond acceptors (Lipinski definition) is 2. The highest BCUT2D eigenvalue weighted by molar-refractivity contribution is 7.80. The van der Waals surface area contributed by atoms with E-state index in [-0.39, 0.29) is 16.8 Å². The number of rotatable bonds is 3. The summed E-state index contributed by atoms with van der Waals surface area (Å²) in [7, 11) is 0. The van der Waals surface area contributed by atoms with Crippen LogP contribution in [0.1, 0.15) is 31.2 Å². The van der Waals surface area contributed by atoms with Gasteiger partial charge < -0.3 is 11.1 Å². The molecule has 0 atom stereocenters. The monoisotopic (exact) mass is 282 g/mol. The van der Waals surface area contributed by atoms with Crippen molar-refractivity contribution >= 4 is 40.4 Å². The van der Waals surface area contributed by atoms with Crippen molar-refractivity contribution in [3.8, 4) is 0 Å². The standard InChI is InChI=1S/C13H15ClN2OS/c14-9-5-6-10(12(15)18)11(7-9)16-13(17)8-3-1-2-4-8/h5-8H,1-4H2,(H2,15,18)(H,16,17). The van der Waals surface area contributed by atoms with Crippen LogP contribution in [0.25, 0.3) is 0 Å². The molecular weight excluding hydrogens is 268 g/mol. The maximum atomic E-state index is 12.1. The van der Waals surface area contributed by atoms with Crippen LogP contribution < -0.4 is 11.1 Å². The van der Waals surface area contributed by atoms with Gasteiger partial charge in [-0.1, -0.05) is 36.7 Å². The topological polar surface area (TPSA) is 55.1 Å². The molecule has 0 spiro atoms. The minimum Gasteiger partial charge on any atom is -0.389 e. The lowest BCUT2D eigenvalue weighted by Gasteiger charge is -2.13. The van der Waals surface area contributed by atoms with Crippen LogP contribution in [0.2, 0.25) is 5.02 Å². The van der Waals surface area contributed by atoms with Gasteiger partial charge in [-0.25, -0.2) is 0 Å². The number of thiocarbonyl (C=S) groups is 1. The van der Waals surface area contributed by atoms with Gasteiger partial charge >= 0.3 is 0 Å². The first kappa shape index (κ1) is 13.3. The van der Waals surface area contributed by atoms with E-state index in [2.05, 4.69) is 5.32 Å². The molecule has 0 heterocycles.